The minimum atomic E-state index is -0.944. The number of carbonyl (C=O) groups excluding carboxylic acids is 2. The Bertz CT molecular complexity index is 907. The number of ether oxygens (including phenoxy) is 1. The Kier molecular flexibility index (Phi) is 5.07. The van der Waals surface area contributed by atoms with E-state index in [0.29, 0.717) is 17.2 Å². The van der Waals surface area contributed by atoms with Crippen molar-refractivity contribution < 1.29 is 14.3 Å². The molecule has 0 aliphatic rings. The zero-order chi connectivity index (χ0) is 18.5. The van der Waals surface area contributed by atoms with Gasteiger partial charge in [-0.3, -0.25) is 4.79 Å². The van der Waals surface area contributed by atoms with Gasteiger partial charge in [-0.15, -0.1) is 0 Å². The Morgan fingerprint density at radius 3 is 2.54 bits per heavy atom. The number of rotatable bonds is 5. The van der Waals surface area contributed by atoms with Gasteiger partial charge in [-0.25, -0.2) is 14.5 Å². The Labute approximate surface area is 150 Å². The maximum absolute atomic E-state index is 12.4. The van der Waals surface area contributed by atoms with E-state index in [0.717, 1.165) is 0 Å². The number of pyridine rings is 1. The molecule has 1 atom stereocenters. The van der Waals surface area contributed by atoms with Crippen LogP contribution in [0.4, 0.5) is 5.69 Å². The van der Waals surface area contributed by atoms with Gasteiger partial charge in [-0.05, 0) is 38.1 Å². The van der Waals surface area contributed by atoms with Crippen LogP contribution in [0.3, 0.4) is 0 Å². The van der Waals surface area contributed by atoms with Gasteiger partial charge < -0.3 is 10.1 Å². The fourth-order valence-electron chi connectivity index (χ4n) is 2.36. The normalized spacial score (nSPS) is 11.6. The minimum absolute atomic E-state index is 0.287. The van der Waals surface area contributed by atoms with Gasteiger partial charge >= 0.3 is 5.97 Å². The zero-order valence-electron chi connectivity index (χ0n) is 14.4. The van der Waals surface area contributed by atoms with Crippen molar-refractivity contribution in [3.8, 4) is 5.82 Å². The van der Waals surface area contributed by atoms with E-state index >= 15 is 0 Å². The van der Waals surface area contributed by atoms with E-state index in [1.54, 1.807) is 42.1 Å². The molecule has 0 spiro atoms. The first-order chi connectivity index (χ1) is 12.6. The van der Waals surface area contributed by atoms with Gasteiger partial charge in [-0.1, -0.05) is 24.3 Å². The molecule has 3 rings (SSSR count). The van der Waals surface area contributed by atoms with Crippen LogP contribution in [0.5, 0.6) is 0 Å². The molecule has 0 saturated heterocycles. The molecule has 26 heavy (non-hydrogen) atoms. The number of nitrogens with one attached hydrogen (secondary N) is 1. The molecular weight excluding hydrogens is 332 g/mol. The van der Waals surface area contributed by atoms with Crippen molar-refractivity contribution in [2.75, 3.05) is 5.32 Å². The number of hydrogen-bond acceptors (Lipinski definition) is 5. The number of aromatic nitrogens is 3. The molecule has 1 N–H and O–H groups in total. The lowest BCUT2D eigenvalue weighted by atomic mass is 10.2. The summed E-state index contributed by atoms with van der Waals surface area (Å²) in [6.07, 6.45) is 2.11. The summed E-state index contributed by atoms with van der Waals surface area (Å²) in [4.78, 5) is 28.8. The number of para-hydroxylation sites is 1. The van der Waals surface area contributed by atoms with Crippen LogP contribution >= 0.6 is 0 Å². The molecule has 0 radical (unpaired) electrons. The van der Waals surface area contributed by atoms with Gasteiger partial charge in [0.1, 0.15) is 5.56 Å². The van der Waals surface area contributed by atoms with Gasteiger partial charge in [-0.2, -0.15) is 5.10 Å². The molecule has 0 bridgehead atoms. The van der Waals surface area contributed by atoms with E-state index in [4.69, 9.17) is 4.74 Å². The van der Waals surface area contributed by atoms with E-state index in [9.17, 15) is 9.59 Å². The van der Waals surface area contributed by atoms with Crippen LogP contribution in [0.15, 0.2) is 60.9 Å². The van der Waals surface area contributed by atoms with Crippen LogP contribution in [0.25, 0.3) is 5.82 Å². The van der Waals surface area contributed by atoms with Crippen LogP contribution in [0.2, 0.25) is 0 Å². The van der Waals surface area contributed by atoms with Crippen molar-refractivity contribution in [3.63, 3.8) is 0 Å². The Morgan fingerprint density at radius 2 is 1.85 bits per heavy atom. The summed E-state index contributed by atoms with van der Waals surface area (Å²) < 4.78 is 6.82. The Balaban J connectivity index is 1.68. The molecule has 3 aromatic rings. The highest BCUT2D eigenvalue weighted by molar-refractivity contribution is 5.97. The highest BCUT2D eigenvalue weighted by atomic mass is 16.5. The summed E-state index contributed by atoms with van der Waals surface area (Å²) in [5.74, 6) is -0.418. The Hall–Kier alpha value is -3.48. The average Bonchev–Trinajstić information content (AvgIpc) is 3.04. The summed E-state index contributed by atoms with van der Waals surface area (Å²) in [6, 6.07) is 14.4. The largest absolute Gasteiger partial charge is 0.449 e. The maximum atomic E-state index is 12.4. The summed E-state index contributed by atoms with van der Waals surface area (Å²) in [5, 5.41) is 6.88. The predicted molar refractivity (Wildman–Crippen MR) is 96.0 cm³/mol. The summed E-state index contributed by atoms with van der Waals surface area (Å²) in [5.41, 5.74) is 1.51. The lowest BCUT2D eigenvalue weighted by Crippen LogP contribution is -2.30. The molecule has 1 aromatic carbocycles. The van der Waals surface area contributed by atoms with Crippen LogP contribution in [-0.4, -0.2) is 32.7 Å². The molecule has 1 amide bonds. The first-order valence-corrected chi connectivity index (χ1v) is 8.09. The van der Waals surface area contributed by atoms with Crippen LogP contribution in [0.1, 0.15) is 23.0 Å². The van der Waals surface area contributed by atoms with Gasteiger partial charge in [0.05, 0.1) is 11.9 Å². The Morgan fingerprint density at radius 1 is 1.12 bits per heavy atom. The van der Waals surface area contributed by atoms with Crippen molar-refractivity contribution >= 4 is 17.6 Å². The van der Waals surface area contributed by atoms with Gasteiger partial charge in [0.2, 0.25) is 0 Å². The number of hydrogen-bond donors (Lipinski definition) is 1. The number of nitrogens with zero attached hydrogens (tertiary/aromatic N) is 3. The molecule has 7 heteroatoms. The SMILES string of the molecule is Cc1c(C(=O)OC(C)C(=O)Nc2ccccc2)cnn1-c1ccccn1. The third-order valence-corrected chi connectivity index (χ3v) is 3.79. The quantitative estimate of drug-likeness (QED) is 0.715. The molecule has 0 saturated carbocycles. The molecule has 0 aliphatic heterocycles. The van der Waals surface area contributed by atoms with Gasteiger partial charge in [0, 0.05) is 11.9 Å². The lowest BCUT2D eigenvalue weighted by molar-refractivity contribution is -0.123. The molecule has 132 valence electrons. The molecule has 0 aliphatic carbocycles. The summed E-state index contributed by atoms with van der Waals surface area (Å²) in [7, 11) is 0. The van der Waals surface area contributed by atoms with Crippen LogP contribution in [-0.2, 0) is 9.53 Å². The third kappa shape index (κ3) is 3.77. The predicted octanol–water partition coefficient (Wildman–Crippen LogP) is 2.76. The molecule has 2 heterocycles. The standard InChI is InChI=1S/C19H18N4O3/c1-13-16(12-21-23(13)17-10-6-7-11-20-17)19(25)26-14(2)18(24)22-15-8-4-3-5-9-15/h3-12,14H,1-2H3,(H,22,24). The van der Waals surface area contributed by atoms with Crippen molar-refractivity contribution in [3.05, 3.63) is 72.2 Å². The summed E-state index contributed by atoms with van der Waals surface area (Å²) >= 11 is 0. The van der Waals surface area contributed by atoms with Crippen LogP contribution in [0, 0.1) is 6.92 Å². The van der Waals surface area contributed by atoms with E-state index in [1.165, 1.54) is 13.1 Å². The second kappa shape index (κ2) is 7.60. The molecule has 7 nitrogen and oxygen atoms in total. The lowest BCUT2D eigenvalue weighted by Gasteiger charge is -2.13. The first-order valence-electron chi connectivity index (χ1n) is 8.09. The second-order valence-electron chi connectivity index (χ2n) is 5.65. The fourth-order valence-corrected chi connectivity index (χ4v) is 2.36. The third-order valence-electron chi connectivity index (χ3n) is 3.79. The number of carbonyl (C=O) groups is 2. The number of amides is 1. The zero-order valence-corrected chi connectivity index (χ0v) is 14.4. The number of anilines is 1. The smallest absolute Gasteiger partial charge is 0.342 e. The minimum Gasteiger partial charge on any atom is -0.449 e. The van der Waals surface area contributed by atoms with E-state index in [-0.39, 0.29) is 5.56 Å². The highest BCUT2D eigenvalue weighted by Gasteiger charge is 2.22. The van der Waals surface area contributed by atoms with E-state index in [2.05, 4.69) is 15.4 Å². The van der Waals surface area contributed by atoms with E-state index < -0.39 is 18.0 Å². The number of esters is 1. The van der Waals surface area contributed by atoms with Gasteiger partial charge in [0.15, 0.2) is 11.9 Å². The topological polar surface area (TPSA) is 86.1 Å². The number of benzene rings is 1. The average molecular weight is 350 g/mol. The molecular formula is C19H18N4O3. The van der Waals surface area contributed by atoms with E-state index in [1.807, 2.05) is 24.3 Å². The van der Waals surface area contributed by atoms with Crippen molar-refractivity contribution in [1.29, 1.82) is 0 Å². The van der Waals surface area contributed by atoms with Crippen molar-refractivity contribution in [1.82, 2.24) is 14.8 Å². The monoisotopic (exact) mass is 350 g/mol. The van der Waals surface area contributed by atoms with Crippen LogP contribution < -0.4 is 5.32 Å². The first kappa shape index (κ1) is 17.3. The second-order valence-corrected chi connectivity index (χ2v) is 5.65. The van der Waals surface area contributed by atoms with Crippen molar-refractivity contribution in [2.24, 2.45) is 0 Å². The highest BCUT2D eigenvalue weighted by Crippen LogP contribution is 2.14. The molecule has 0 fully saturated rings. The van der Waals surface area contributed by atoms with Gasteiger partial charge in [0.25, 0.3) is 5.91 Å². The van der Waals surface area contributed by atoms with Crippen molar-refractivity contribution in [2.45, 2.75) is 20.0 Å². The fraction of sp³-hybridized carbons (Fsp3) is 0.158. The molecule has 2 aromatic heterocycles. The maximum Gasteiger partial charge on any atom is 0.342 e. The molecule has 1 unspecified atom stereocenters. The summed E-state index contributed by atoms with van der Waals surface area (Å²) in [6.45, 7) is 3.27.